The Morgan fingerprint density at radius 3 is 2.60 bits per heavy atom. The first-order valence-electron chi connectivity index (χ1n) is 2.79. The second-order valence-corrected chi connectivity index (χ2v) is 1.66. The molecule has 0 aliphatic carbocycles. The zero-order valence-electron chi connectivity index (χ0n) is 5.72. The summed E-state index contributed by atoms with van der Waals surface area (Å²) in [4.78, 5) is 20.5. The highest BCUT2D eigenvalue weighted by Gasteiger charge is 1.98. The number of nitrogens with two attached hydrogens (primary N) is 1. The Morgan fingerprint density at radius 2 is 2.20 bits per heavy atom. The summed E-state index contributed by atoms with van der Waals surface area (Å²) >= 11 is 0. The standard InChI is InChI=1S/C5H10N2O3/c1-4(8)10-3-2-5(9)7-6/h2-3,6H2,1H3,(H,7,9). The van der Waals surface area contributed by atoms with Crippen molar-refractivity contribution >= 4 is 11.9 Å². The van der Waals surface area contributed by atoms with Crippen LogP contribution in [0, 0.1) is 0 Å². The summed E-state index contributed by atoms with van der Waals surface area (Å²) in [6, 6.07) is 0. The second kappa shape index (κ2) is 4.75. The fourth-order valence-corrected chi connectivity index (χ4v) is 0.360. The van der Waals surface area contributed by atoms with Gasteiger partial charge in [0.2, 0.25) is 5.91 Å². The molecule has 10 heavy (non-hydrogen) atoms. The molecule has 0 fully saturated rings. The molecule has 58 valence electrons. The third-order valence-electron chi connectivity index (χ3n) is 0.795. The summed E-state index contributed by atoms with van der Waals surface area (Å²) in [7, 11) is 0. The molecule has 0 bridgehead atoms. The largest absolute Gasteiger partial charge is 0.465 e. The maximum absolute atomic E-state index is 10.4. The molecule has 0 radical (unpaired) electrons. The predicted octanol–water partition coefficient (Wildman–Crippen LogP) is -1.07. The summed E-state index contributed by atoms with van der Waals surface area (Å²) in [6.45, 7) is 1.36. The van der Waals surface area contributed by atoms with Gasteiger partial charge in [-0.1, -0.05) is 0 Å². The molecule has 5 heteroatoms. The van der Waals surface area contributed by atoms with Crippen LogP contribution in [0.5, 0.6) is 0 Å². The monoisotopic (exact) mass is 146 g/mol. The number of amides is 1. The molecule has 0 atom stereocenters. The predicted molar refractivity (Wildman–Crippen MR) is 33.6 cm³/mol. The average Bonchev–Trinajstić information content (AvgIpc) is 1.87. The molecule has 0 aromatic carbocycles. The molecule has 0 aromatic rings. The highest BCUT2D eigenvalue weighted by Crippen LogP contribution is 1.81. The van der Waals surface area contributed by atoms with Gasteiger partial charge in [0.05, 0.1) is 6.42 Å². The summed E-state index contributed by atoms with van der Waals surface area (Å²) in [5.41, 5.74) is 1.91. The lowest BCUT2D eigenvalue weighted by atomic mass is 10.4. The van der Waals surface area contributed by atoms with E-state index >= 15 is 0 Å². The van der Waals surface area contributed by atoms with Gasteiger partial charge in [0.1, 0.15) is 6.61 Å². The number of hydrogen-bond acceptors (Lipinski definition) is 4. The van der Waals surface area contributed by atoms with Crippen LogP contribution in [0.15, 0.2) is 0 Å². The number of nitrogens with one attached hydrogen (secondary N) is 1. The van der Waals surface area contributed by atoms with E-state index in [2.05, 4.69) is 4.74 Å². The first kappa shape index (κ1) is 8.90. The molecule has 0 saturated carbocycles. The van der Waals surface area contributed by atoms with Gasteiger partial charge < -0.3 is 4.74 Å². The van der Waals surface area contributed by atoms with Crippen LogP contribution in [0.2, 0.25) is 0 Å². The highest BCUT2D eigenvalue weighted by atomic mass is 16.5. The minimum Gasteiger partial charge on any atom is -0.465 e. The van der Waals surface area contributed by atoms with Crippen molar-refractivity contribution in [3.8, 4) is 0 Å². The normalized spacial score (nSPS) is 8.60. The molecule has 3 N–H and O–H groups in total. The summed E-state index contributed by atoms with van der Waals surface area (Å²) in [6.07, 6.45) is 0.107. The van der Waals surface area contributed by atoms with E-state index in [1.165, 1.54) is 6.92 Å². The molecule has 0 unspecified atom stereocenters. The molecule has 0 heterocycles. The van der Waals surface area contributed by atoms with E-state index in [4.69, 9.17) is 5.84 Å². The van der Waals surface area contributed by atoms with Crippen molar-refractivity contribution in [2.45, 2.75) is 13.3 Å². The molecule has 1 amide bonds. The Morgan fingerprint density at radius 1 is 1.60 bits per heavy atom. The molecule has 0 saturated heterocycles. The van der Waals surface area contributed by atoms with E-state index in [1.807, 2.05) is 5.43 Å². The third-order valence-corrected chi connectivity index (χ3v) is 0.795. The number of hydrazine groups is 1. The second-order valence-electron chi connectivity index (χ2n) is 1.66. The topological polar surface area (TPSA) is 81.4 Å². The van der Waals surface area contributed by atoms with Crippen molar-refractivity contribution in [2.75, 3.05) is 6.61 Å². The zero-order valence-corrected chi connectivity index (χ0v) is 5.72. The van der Waals surface area contributed by atoms with Crippen molar-refractivity contribution in [2.24, 2.45) is 5.84 Å². The number of carbonyl (C=O) groups excluding carboxylic acids is 2. The summed E-state index contributed by atoms with van der Waals surface area (Å²) in [5, 5.41) is 0. The summed E-state index contributed by atoms with van der Waals surface area (Å²) in [5.74, 6) is 4.00. The van der Waals surface area contributed by atoms with Crippen molar-refractivity contribution in [1.29, 1.82) is 0 Å². The lowest BCUT2D eigenvalue weighted by Crippen LogP contribution is -2.30. The molecule has 0 aliphatic heterocycles. The Hall–Kier alpha value is -1.10. The van der Waals surface area contributed by atoms with Gasteiger partial charge in [-0.3, -0.25) is 15.0 Å². The van der Waals surface area contributed by atoms with Gasteiger partial charge >= 0.3 is 5.97 Å². The molecule has 0 aromatic heterocycles. The quantitative estimate of drug-likeness (QED) is 0.230. The smallest absolute Gasteiger partial charge is 0.302 e. The first-order chi connectivity index (χ1) is 4.66. The highest BCUT2D eigenvalue weighted by molar-refractivity contribution is 5.75. The first-order valence-corrected chi connectivity index (χ1v) is 2.79. The van der Waals surface area contributed by atoms with Crippen molar-refractivity contribution in [1.82, 2.24) is 5.43 Å². The van der Waals surface area contributed by atoms with Crippen molar-refractivity contribution in [3.63, 3.8) is 0 Å². The van der Waals surface area contributed by atoms with Gasteiger partial charge in [-0.25, -0.2) is 5.84 Å². The van der Waals surface area contributed by atoms with Crippen LogP contribution >= 0.6 is 0 Å². The Kier molecular flexibility index (Phi) is 4.23. The van der Waals surface area contributed by atoms with Gasteiger partial charge in [0.25, 0.3) is 0 Å². The van der Waals surface area contributed by atoms with Crippen molar-refractivity contribution < 1.29 is 14.3 Å². The van der Waals surface area contributed by atoms with Crippen LogP contribution in [0.3, 0.4) is 0 Å². The van der Waals surface area contributed by atoms with E-state index in [9.17, 15) is 9.59 Å². The Bertz CT molecular complexity index is 135. The number of carbonyl (C=O) groups is 2. The average molecular weight is 146 g/mol. The van der Waals surface area contributed by atoms with Gasteiger partial charge in [-0.2, -0.15) is 0 Å². The van der Waals surface area contributed by atoms with Gasteiger partial charge in [-0.15, -0.1) is 0 Å². The third kappa shape index (κ3) is 5.04. The Balaban J connectivity index is 3.20. The Labute approximate surface area is 58.5 Å². The number of ether oxygens (including phenoxy) is 1. The van der Waals surface area contributed by atoms with E-state index < -0.39 is 5.97 Å². The van der Waals surface area contributed by atoms with Crippen LogP contribution in [0.25, 0.3) is 0 Å². The minimum atomic E-state index is -0.398. The lowest BCUT2D eigenvalue weighted by molar-refractivity contribution is -0.141. The zero-order chi connectivity index (χ0) is 7.98. The maximum atomic E-state index is 10.4. The number of rotatable bonds is 3. The van der Waals surface area contributed by atoms with E-state index in [0.29, 0.717) is 0 Å². The molecular weight excluding hydrogens is 136 g/mol. The fourth-order valence-electron chi connectivity index (χ4n) is 0.360. The van der Waals surface area contributed by atoms with Gasteiger partial charge in [-0.05, 0) is 0 Å². The van der Waals surface area contributed by atoms with Crippen molar-refractivity contribution in [3.05, 3.63) is 0 Å². The molecule has 5 nitrogen and oxygen atoms in total. The number of hydrogen-bond donors (Lipinski definition) is 2. The minimum absolute atomic E-state index is 0.0817. The van der Waals surface area contributed by atoms with E-state index in [-0.39, 0.29) is 18.9 Å². The van der Waals surface area contributed by atoms with E-state index in [0.717, 1.165) is 0 Å². The molecule has 0 aliphatic rings. The molecule has 0 spiro atoms. The fraction of sp³-hybridized carbons (Fsp3) is 0.600. The van der Waals surface area contributed by atoms with Gasteiger partial charge in [0.15, 0.2) is 0 Å². The van der Waals surface area contributed by atoms with Crippen LogP contribution in [0.4, 0.5) is 0 Å². The van der Waals surface area contributed by atoms with Gasteiger partial charge in [0, 0.05) is 6.92 Å². The molecule has 0 rings (SSSR count). The number of esters is 1. The summed E-state index contributed by atoms with van der Waals surface area (Å²) < 4.78 is 4.46. The molecular formula is C5H10N2O3. The van der Waals surface area contributed by atoms with Crippen LogP contribution < -0.4 is 11.3 Å². The maximum Gasteiger partial charge on any atom is 0.302 e. The van der Waals surface area contributed by atoms with Crippen LogP contribution in [-0.2, 0) is 14.3 Å². The van der Waals surface area contributed by atoms with E-state index in [1.54, 1.807) is 0 Å². The lowest BCUT2D eigenvalue weighted by Gasteiger charge is -1.99. The van der Waals surface area contributed by atoms with Crippen LogP contribution in [-0.4, -0.2) is 18.5 Å². The SMILES string of the molecule is CC(=O)OCCC(=O)NN. The van der Waals surface area contributed by atoms with Crippen LogP contribution in [0.1, 0.15) is 13.3 Å².